The summed E-state index contributed by atoms with van der Waals surface area (Å²) in [6, 6.07) is 14.0. The number of carbonyl (C=O) groups excluding carboxylic acids is 1. The summed E-state index contributed by atoms with van der Waals surface area (Å²) in [6.07, 6.45) is 1.66. The number of hydrogen-bond donors (Lipinski definition) is 1. The maximum atomic E-state index is 12.6. The molecule has 0 unspecified atom stereocenters. The molecule has 0 atom stereocenters. The van der Waals surface area contributed by atoms with Crippen molar-refractivity contribution in [2.75, 3.05) is 0 Å². The second kappa shape index (κ2) is 4.33. The van der Waals surface area contributed by atoms with Crippen LogP contribution in [0, 0.1) is 0 Å². The Kier molecular flexibility index (Phi) is 2.56. The van der Waals surface area contributed by atoms with E-state index < -0.39 is 11.6 Å². The Morgan fingerprint density at radius 3 is 2.10 bits per heavy atom. The maximum Gasteiger partial charge on any atom is 0.348 e. The van der Waals surface area contributed by atoms with Gasteiger partial charge < -0.3 is 14.6 Å². The lowest BCUT2D eigenvalue weighted by Crippen LogP contribution is -2.41. The smallest absolute Gasteiger partial charge is 0.348 e. The molecule has 1 fully saturated rings. The minimum atomic E-state index is -1.81. The van der Waals surface area contributed by atoms with E-state index in [1.54, 1.807) is 48.5 Å². The zero-order valence-corrected chi connectivity index (χ0v) is 11.3. The Morgan fingerprint density at radius 2 is 1.57 bits per heavy atom. The van der Waals surface area contributed by atoms with Gasteiger partial charge in [0.1, 0.15) is 17.6 Å². The van der Waals surface area contributed by atoms with E-state index in [0.29, 0.717) is 22.6 Å². The van der Waals surface area contributed by atoms with Gasteiger partial charge in [-0.2, -0.15) is 0 Å². The molecule has 1 N–H and O–H groups in total. The van der Waals surface area contributed by atoms with Gasteiger partial charge in [0, 0.05) is 11.1 Å². The standard InChI is InChI=1S/C17H14O4/c18-16(20-11-9-10-11)17(19)12-5-1-3-7-14(12)21-15-8-4-2-6-13(15)17/h1-8,11,19H,9-10H2. The molecule has 0 amide bonds. The first kappa shape index (κ1) is 12.4. The monoisotopic (exact) mass is 282 g/mol. The highest BCUT2D eigenvalue weighted by Crippen LogP contribution is 2.47. The van der Waals surface area contributed by atoms with Crippen molar-refractivity contribution in [3.63, 3.8) is 0 Å². The predicted octanol–water partition coefficient (Wildman–Crippen LogP) is 2.73. The van der Waals surface area contributed by atoms with Crippen LogP contribution in [0.2, 0.25) is 0 Å². The molecule has 1 heterocycles. The fourth-order valence-electron chi connectivity index (χ4n) is 2.62. The van der Waals surface area contributed by atoms with Crippen molar-refractivity contribution in [3.05, 3.63) is 59.7 Å². The zero-order chi connectivity index (χ0) is 14.4. The van der Waals surface area contributed by atoms with Crippen molar-refractivity contribution in [1.82, 2.24) is 0 Å². The topological polar surface area (TPSA) is 55.8 Å². The maximum absolute atomic E-state index is 12.6. The summed E-state index contributed by atoms with van der Waals surface area (Å²) in [4.78, 5) is 12.6. The van der Waals surface area contributed by atoms with Gasteiger partial charge in [0.05, 0.1) is 0 Å². The quantitative estimate of drug-likeness (QED) is 0.860. The highest BCUT2D eigenvalue weighted by molar-refractivity contribution is 5.88. The van der Waals surface area contributed by atoms with E-state index in [1.807, 2.05) is 0 Å². The molecular formula is C17H14O4. The van der Waals surface area contributed by atoms with Gasteiger partial charge in [0.2, 0.25) is 5.60 Å². The van der Waals surface area contributed by atoms with E-state index in [2.05, 4.69) is 0 Å². The van der Waals surface area contributed by atoms with Gasteiger partial charge >= 0.3 is 5.97 Å². The lowest BCUT2D eigenvalue weighted by atomic mass is 9.83. The molecule has 0 aromatic heterocycles. The van der Waals surface area contributed by atoms with Crippen LogP contribution in [0.4, 0.5) is 0 Å². The fourth-order valence-corrected chi connectivity index (χ4v) is 2.62. The van der Waals surface area contributed by atoms with Gasteiger partial charge in [-0.05, 0) is 25.0 Å². The number of benzene rings is 2. The first-order chi connectivity index (χ1) is 10.2. The molecule has 1 aliphatic carbocycles. The number of esters is 1. The third kappa shape index (κ3) is 1.83. The highest BCUT2D eigenvalue weighted by Gasteiger charge is 2.49. The van der Waals surface area contributed by atoms with Crippen LogP contribution in [0.15, 0.2) is 48.5 Å². The van der Waals surface area contributed by atoms with Crippen molar-refractivity contribution >= 4 is 5.97 Å². The van der Waals surface area contributed by atoms with Gasteiger partial charge in [-0.1, -0.05) is 36.4 Å². The van der Waals surface area contributed by atoms with Crippen LogP contribution < -0.4 is 4.74 Å². The Morgan fingerprint density at radius 1 is 1.05 bits per heavy atom. The SMILES string of the molecule is O=C(OC1CC1)C1(O)c2ccccc2Oc2ccccc21. The molecule has 1 saturated carbocycles. The molecule has 0 spiro atoms. The van der Waals surface area contributed by atoms with E-state index in [0.717, 1.165) is 12.8 Å². The molecule has 2 aromatic rings. The van der Waals surface area contributed by atoms with E-state index in [1.165, 1.54) is 0 Å². The van der Waals surface area contributed by atoms with Gasteiger partial charge in [0.25, 0.3) is 0 Å². The van der Waals surface area contributed by atoms with Crippen LogP contribution in [-0.4, -0.2) is 17.2 Å². The third-order valence-electron chi connectivity index (χ3n) is 3.87. The number of aliphatic hydroxyl groups is 1. The summed E-state index contributed by atoms with van der Waals surface area (Å²) < 4.78 is 11.1. The van der Waals surface area contributed by atoms with E-state index in [9.17, 15) is 9.90 Å². The van der Waals surface area contributed by atoms with Crippen molar-refractivity contribution in [2.45, 2.75) is 24.5 Å². The normalized spacial score (nSPS) is 18.1. The van der Waals surface area contributed by atoms with E-state index in [-0.39, 0.29) is 6.10 Å². The van der Waals surface area contributed by atoms with Gasteiger partial charge in [-0.25, -0.2) is 4.79 Å². The highest BCUT2D eigenvalue weighted by atomic mass is 16.6. The van der Waals surface area contributed by atoms with Crippen LogP contribution in [0.25, 0.3) is 0 Å². The average Bonchev–Trinajstić information content (AvgIpc) is 3.31. The third-order valence-corrected chi connectivity index (χ3v) is 3.87. The predicted molar refractivity (Wildman–Crippen MR) is 75.1 cm³/mol. The number of hydrogen-bond acceptors (Lipinski definition) is 4. The fraction of sp³-hybridized carbons (Fsp3) is 0.235. The minimum Gasteiger partial charge on any atom is -0.460 e. The molecule has 2 aliphatic rings. The zero-order valence-electron chi connectivity index (χ0n) is 11.3. The molecule has 106 valence electrons. The molecule has 4 nitrogen and oxygen atoms in total. The Hall–Kier alpha value is -2.33. The summed E-state index contributed by atoms with van der Waals surface area (Å²) in [5.74, 6) is 0.325. The lowest BCUT2D eigenvalue weighted by molar-refractivity contribution is -0.164. The summed E-state index contributed by atoms with van der Waals surface area (Å²) in [6.45, 7) is 0. The van der Waals surface area contributed by atoms with E-state index >= 15 is 0 Å². The molecule has 0 saturated heterocycles. The van der Waals surface area contributed by atoms with E-state index in [4.69, 9.17) is 9.47 Å². The first-order valence-corrected chi connectivity index (χ1v) is 7.00. The van der Waals surface area contributed by atoms with Crippen LogP contribution in [0.5, 0.6) is 11.5 Å². The lowest BCUT2D eigenvalue weighted by Gasteiger charge is -2.33. The van der Waals surface area contributed by atoms with Gasteiger partial charge in [-0.3, -0.25) is 0 Å². The number of para-hydroxylation sites is 2. The molecular weight excluding hydrogens is 268 g/mol. The number of ether oxygens (including phenoxy) is 2. The summed E-state index contributed by atoms with van der Waals surface area (Å²) in [5.41, 5.74) is -0.961. The molecule has 0 radical (unpaired) electrons. The molecule has 2 aromatic carbocycles. The Labute approximate surface area is 121 Å². The molecule has 4 heteroatoms. The second-order valence-electron chi connectivity index (χ2n) is 5.41. The molecule has 21 heavy (non-hydrogen) atoms. The van der Waals surface area contributed by atoms with Crippen LogP contribution in [0.1, 0.15) is 24.0 Å². The largest absolute Gasteiger partial charge is 0.460 e. The van der Waals surface area contributed by atoms with Crippen molar-refractivity contribution in [2.24, 2.45) is 0 Å². The second-order valence-corrected chi connectivity index (χ2v) is 5.41. The number of carbonyl (C=O) groups is 1. The van der Waals surface area contributed by atoms with Crippen LogP contribution in [-0.2, 0) is 15.1 Å². The minimum absolute atomic E-state index is 0.0660. The van der Waals surface area contributed by atoms with Crippen molar-refractivity contribution < 1.29 is 19.4 Å². The number of rotatable bonds is 2. The van der Waals surface area contributed by atoms with Gasteiger partial charge in [-0.15, -0.1) is 0 Å². The van der Waals surface area contributed by atoms with Gasteiger partial charge in [0.15, 0.2) is 0 Å². The molecule has 0 bridgehead atoms. The summed E-state index contributed by atoms with van der Waals surface area (Å²) in [5, 5.41) is 11.2. The molecule has 1 aliphatic heterocycles. The summed E-state index contributed by atoms with van der Waals surface area (Å²) in [7, 11) is 0. The molecule has 4 rings (SSSR count). The van der Waals surface area contributed by atoms with Crippen molar-refractivity contribution in [1.29, 1.82) is 0 Å². The van der Waals surface area contributed by atoms with Crippen LogP contribution in [0.3, 0.4) is 0 Å². The number of fused-ring (bicyclic) bond motifs is 2. The Balaban J connectivity index is 1.89. The van der Waals surface area contributed by atoms with Crippen molar-refractivity contribution in [3.8, 4) is 11.5 Å². The summed E-state index contributed by atoms with van der Waals surface area (Å²) >= 11 is 0. The Bertz CT molecular complexity index is 673. The van der Waals surface area contributed by atoms with Crippen LogP contribution >= 0.6 is 0 Å². The first-order valence-electron chi connectivity index (χ1n) is 7.00. The average molecular weight is 282 g/mol.